The zero-order chi connectivity index (χ0) is 18.0. The highest BCUT2D eigenvalue weighted by Crippen LogP contribution is 2.34. The van der Waals surface area contributed by atoms with Gasteiger partial charge in [0.05, 0.1) is 5.56 Å². The molecule has 0 aromatic heterocycles. The Morgan fingerprint density at radius 1 is 1.23 bits per heavy atom. The van der Waals surface area contributed by atoms with Crippen LogP contribution in [0.15, 0.2) is 18.2 Å². The van der Waals surface area contributed by atoms with Crippen molar-refractivity contribution in [3.63, 3.8) is 0 Å². The van der Waals surface area contributed by atoms with E-state index in [1.54, 1.807) is 0 Å². The molecule has 1 aromatic carbocycles. The number of carbonyl (C=O) groups is 2. The lowest BCUT2D eigenvalue weighted by molar-refractivity contribution is -0.137. The summed E-state index contributed by atoms with van der Waals surface area (Å²) in [4.78, 5) is 25.6. The maximum atomic E-state index is 13.2. The number of benzene rings is 1. The minimum atomic E-state index is -4.58. The number of rotatable bonds is 3. The molecule has 2 saturated heterocycles. The fourth-order valence-electron chi connectivity index (χ4n) is 3.23. The van der Waals surface area contributed by atoms with Gasteiger partial charge in [0.2, 0.25) is 5.91 Å². The number of alkyl halides is 3. The summed E-state index contributed by atoms with van der Waals surface area (Å²) in [5.74, 6) is -0.769. The molecule has 1 aromatic rings. The van der Waals surface area contributed by atoms with Crippen LogP contribution in [0, 0.1) is 0 Å². The molecule has 2 amide bonds. The van der Waals surface area contributed by atoms with E-state index in [-0.39, 0.29) is 35.6 Å². The molecule has 0 aliphatic carbocycles. The Kier molecular flexibility index (Phi) is 6.52. The molecule has 2 heterocycles. The fraction of sp³-hybridized carbons (Fsp3) is 0.529. The second kappa shape index (κ2) is 8.26. The molecule has 2 aliphatic heterocycles. The van der Waals surface area contributed by atoms with Crippen molar-refractivity contribution in [1.82, 2.24) is 10.6 Å². The minimum Gasteiger partial charge on any atom is -0.348 e. The van der Waals surface area contributed by atoms with Crippen molar-refractivity contribution >= 4 is 29.9 Å². The van der Waals surface area contributed by atoms with Gasteiger partial charge in [-0.3, -0.25) is 9.59 Å². The van der Waals surface area contributed by atoms with Crippen LogP contribution in [0.2, 0.25) is 0 Å². The molecule has 9 heteroatoms. The third kappa shape index (κ3) is 4.67. The average Bonchev–Trinajstić information content (AvgIpc) is 3.00. The van der Waals surface area contributed by atoms with Crippen LogP contribution in [-0.2, 0) is 11.0 Å². The summed E-state index contributed by atoms with van der Waals surface area (Å²) in [5.41, 5.74) is -0.865. The first-order chi connectivity index (χ1) is 11.8. The topological polar surface area (TPSA) is 61.4 Å². The van der Waals surface area contributed by atoms with Gasteiger partial charge in [0.1, 0.15) is 0 Å². The second-order valence-electron chi connectivity index (χ2n) is 6.43. The molecule has 2 aliphatic rings. The molecular weight excluding hydrogens is 371 g/mol. The Morgan fingerprint density at radius 2 is 2.00 bits per heavy atom. The summed E-state index contributed by atoms with van der Waals surface area (Å²) in [5, 5.41) is 5.91. The van der Waals surface area contributed by atoms with Gasteiger partial charge in [-0.15, -0.1) is 12.4 Å². The van der Waals surface area contributed by atoms with E-state index < -0.39 is 17.6 Å². The average molecular weight is 392 g/mol. The van der Waals surface area contributed by atoms with Crippen molar-refractivity contribution < 1.29 is 22.8 Å². The lowest BCUT2D eigenvalue weighted by atomic mass is 10.0. The van der Waals surface area contributed by atoms with Gasteiger partial charge in [-0.25, -0.2) is 0 Å². The maximum Gasteiger partial charge on any atom is 0.416 e. The van der Waals surface area contributed by atoms with Crippen molar-refractivity contribution in [2.24, 2.45) is 0 Å². The van der Waals surface area contributed by atoms with Gasteiger partial charge in [0, 0.05) is 36.8 Å². The van der Waals surface area contributed by atoms with Crippen LogP contribution in [0.4, 0.5) is 18.9 Å². The summed E-state index contributed by atoms with van der Waals surface area (Å²) in [7, 11) is 0. The van der Waals surface area contributed by atoms with Gasteiger partial charge >= 0.3 is 6.18 Å². The molecule has 26 heavy (non-hydrogen) atoms. The first kappa shape index (κ1) is 20.5. The largest absolute Gasteiger partial charge is 0.416 e. The molecule has 2 fully saturated rings. The number of anilines is 1. The molecule has 1 unspecified atom stereocenters. The van der Waals surface area contributed by atoms with E-state index in [1.807, 2.05) is 0 Å². The predicted octanol–water partition coefficient (Wildman–Crippen LogP) is 2.74. The van der Waals surface area contributed by atoms with Crippen molar-refractivity contribution in [3.8, 4) is 0 Å². The number of hydrogen-bond donors (Lipinski definition) is 2. The Balaban J connectivity index is 0.00000243. The highest BCUT2D eigenvalue weighted by molar-refractivity contribution is 5.99. The van der Waals surface area contributed by atoms with Crippen LogP contribution >= 0.6 is 12.4 Å². The highest BCUT2D eigenvalue weighted by Gasteiger charge is 2.33. The smallest absolute Gasteiger partial charge is 0.348 e. The Morgan fingerprint density at radius 3 is 2.58 bits per heavy atom. The summed E-state index contributed by atoms with van der Waals surface area (Å²) >= 11 is 0. The molecule has 0 saturated carbocycles. The molecule has 3 rings (SSSR count). The predicted molar refractivity (Wildman–Crippen MR) is 93.6 cm³/mol. The number of piperidine rings is 1. The number of carbonyl (C=O) groups excluding carboxylic acids is 2. The number of nitrogens with one attached hydrogen (secondary N) is 2. The maximum absolute atomic E-state index is 13.2. The van der Waals surface area contributed by atoms with Gasteiger partial charge in [0.25, 0.3) is 5.91 Å². The third-order valence-electron chi connectivity index (χ3n) is 4.52. The van der Waals surface area contributed by atoms with E-state index in [0.717, 1.165) is 31.5 Å². The Labute approximate surface area is 155 Å². The lowest BCUT2D eigenvalue weighted by Gasteiger charge is -2.24. The van der Waals surface area contributed by atoms with E-state index in [0.29, 0.717) is 25.9 Å². The van der Waals surface area contributed by atoms with Crippen LogP contribution in [-0.4, -0.2) is 37.5 Å². The van der Waals surface area contributed by atoms with Crippen LogP contribution in [0.3, 0.4) is 0 Å². The lowest BCUT2D eigenvalue weighted by Crippen LogP contribution is -2.45. The summed E-state index contributed by atoms with van der Waals surface area (Å²) in [6.45, 7) is 1.84. The molecule has 0 radical (unpaired) electrons. The number of nitrogens with zero attached hydrogens (tertiary/aromatic N) is 1. The quantitative estimate of drug-likeness (QED) is 0.833. The SMILES string of the molecule is Cl.O=C(NC1CCCNC1)c1cc(N2CCCC2=O)cc(C(F)(F)F)c1. The van der Waals surface area contributed by atoms with E-state index in [1.165, 1.54) is 11.0 Å². The first-order valence-electron chi connectivity index (χ1n) is 8.39. The van der Waals surface area contributed by atoms with Gasteiger partial charge in [0.15, 0.2) is 0 Å². The van der Waals surface area contributed by atoms with Crippen molar-refractivity contribution in [2.75, 3.05) is 24.5 Å². The number of amides is 2. The molecule has 2 N–H and O–H groups in total. The number of halogens is 4. The van der Waals surface area contributed by atoms with E-state index >= 15 is 0 Å². The molecule has 144 valence electrons. The standard InChI is InChI=1S/C17H20F3N3O2.ClH/c18-17(19,20)12-7-11(16(25)22-13-3-1-5-21-10-13)8-14(9-12)23-6-2-4-15(23)24;/h7-9,13,21H,1-6,10H2,(H,22,25);1H. The van der Waals surface area contributed by atoms with Gasteiger partial charge < -0.3 is 15.5 Å². The Bertz CT molecular complexity index is 676. The first-order valence-corrected chi connectivity index (χ1v) is 8.39. The highest BCUT2D eigenvalue weighted by atomic mass is 35.5. The summed E-state index contributed by atoms with van der Waals surface area (Å²) < 4.78 is 39.6. The molecule has 0 bridgehead atoms. The summed E-state index contributed by atoms with van der Waals surface area (Å²) in [6.07, 6.45) is -1.98. The molecule has 1 atom stereocenters. The van der Waals surface area contributed by atoms with E-state index in [2.05, 4.69) is 10.6 Å². The van der Waals surface area contributed by atoms with Gasteiger partial charge in [-0.2, -0.15) is 13.2 Å². The second-order valence-corrected chi connectivity index (χ2v) is 6.43. The zero-order valence-corrected chi connectivity index (χ0v) is 14.9. The molecular formula is C17H21ClF3N3O2. The van der Waals surface area contributed by atoms with Crippen molar-refractivity contribution in [3.05, 3.63) is 29.3 Å². The normalized spacial score (nSPS) is 20.7. The summed E-state index contributed by atoms with van der Waals surface area (Å²) in [6, 6.07) is 3.04. The van der Waals surface area contributed by atoms with Crippen LogP contribution in [0.5, 0.6) is 0 Å². The monoisotopic (exact) mass is 391 g/mol. The van der Waals surface area contributed by atoms with Crippen molar-refractivity contribution in [1.29, 1.82) is 0 Å². The van der Waals surface area contributed by atoms with Crippen LogP contribution in [0.1, 0.15) is 41.6 Å². The Hall–Kier alpha value is -1.80. The van der Waals surface area contributed by atoms with Crippen LogP contribution < -0.4 is 15.5 Å². The van der Waals surface area contributed by atoms with Gasteiger partial charge in [-0.05, 0) is 44.0 Å². The minimum absolute atomic E-state index is 0. The van der Waals surface area contributed by atoms with Crippen molar-refractivity contribution in [2.45, 2.75) is 37.9 Å². The molecule has 5 nitrogen and oxygen atoms in total. The molecule has 0 spiro atoms. The van der Waals surface area contributed by atoms with Gasteiger partial charge in [-0.1, -0.05) is 0 Å². The van der Waals surface area contributed by atoms with E-state index in [4.69, 9.17) is 0 Å². The van der Waals surface area contributed by atoms with Crippen LogP contribution in [0.25, 0.3) is 0 Å². The fourth-order valence-corrected chi connectivity index (χ4v) is 3.23. The van der Waals surface area contributed by atoms with E-state index in [9.17, 15) is 22.8 Å². The number of hydrogen-bond acceptors (Lipinski definition) is 3. The zero-order valence-electron chi connectivity index (χ0n) is 14.1. The third-order valence-corrected chi connectivity index (χ3v) is 4.52.